The molecule has 94 valence electrons. The van der Waals surface area contributed by atoms with Crippen molar-refractivity contribution in [3.8, 4) is 0 Å². The number of halogens is 1. The predicted molar refractivity (Wildman–Crippen MR) is 65.8 cm³/mol. The van der Waals surface area contributed by atoms with Crippen LogP contribution in [0.1, 0.15) is 43.1 Å². The maximum atomic E-state index is 13.2. The largest absolute Gasteiger partial charge is 0.367 e. The number of carbonyl (C=O) groups is 1. The van der Waals surface area contributed by atoms with Crippen LogP contribution in [0.4, 0.5) is 4.39 Å². The minimum atomic E-state index is -0.868. The second-order valence-corrected chi connectivity index (χ2v) is 4.31. The van der Waals surface area contributed by atoms with E-state index in [0.717, 1.165) is 5.56 Å². The van der Waals surface area contributed by atoms with E-state index < -0.39 is 11.4 Å². The van der Waals surface area contributed by atoms with E-state index in [1.165, 1.54) is 12.1 Å². The van der Waals surface area contributed by atoms with Gasteiger partial charge in [0, 0.05) is 12.2 Å². The van der Waals surface area contributed by atoms with Gasteiger partial charge in [0.2, 0.25) is 0 Å². The summed E-state index contributed by atoms with van der Waals surface area (Å²) >= 11 is 0. The van der Waals surface area contributed by atoms with Crippen molar-refractivity contribution in [2.75, 3.05) is 6.61 Å². The summed E-state index contributed by atoms with van der Waals surface area (Å²) in [6.45, 7) is 7.75. The van der Waals surface area contributed by atoms with Gasteiger partial charge in [0.05, 0.1) is 0 Å². The lowest BCUT2D eigenvalue weighted by molar-refractivity contribution is -0.0116. The van der Waals surface area contributed by atoms with Crippen LogP contribution in [0.3, 0.4) is 0 Å². The number of carbonyl (C=O) groups excluding carboxylic acids is 1. The second-order valence-electron chi connectivity index (χ2n) is 4.31. The Morgan fingerprint density at radius 1 is 1.41 bits per heavy atom. The van der Waals surface area contributed by atoms with Gasteiger partial charge < -0.3 is 4.74 Å². The lowest BCUT2D eigenvalue weighted by atomic mass is 9.89. The molecule has 1 rings (SSSR count). The molecule has 0 aliphatic heterocycles. The van der Waals surface area contributed by atoms with E-state index in [-0.39, 0.29) is 5.78 Å². The van der Waals surface area contributed by atoms with Gasteiger partial charge in [-0.2, -0.15) is 0 Å². The van der Waals surface area contributed by atoms with Gasteiger partial charge in [0.1, 0.15) is 11.4 Å². The molecule has 0 saturated heterocycles. The van der Waals surface area contributed by atoms with E-state index in [1.807, 2.05) is 13.8 Å². The molecule has 17 heavy (non-hydrogen) atoms. The van der Waals surface area contributed by atoms with Crippen molar-refractivity contribution in [2.24, 2.45) is 0 Å². The lowest BCUT2D eigenvalue weighted by Gasteiger charge is -2.27. The molecule has 1 atom stereocenters. The summed E-state index contributed by atoms with van der Waals surface area (Å²) in [6.07, 6.45) is 0.565. The first-order valence-corrected chi connectivity index (χ1v) is 5.89. The molecular formula is C14H19FO2. The number of hydrogen-bond acceptors (Lipinski definition) is 2. The maximum Gasteiger partial charge on any atom is 0.194 e. The Balaban J connectivity index is 3.14. The van der Waals surface area contributed by atoms with Crippen LogP contribution in [0.15, 0.2) is 18.2 Å². The molecule has 1 aromatic carbocycles. The highest BCUT2D eigenvalue weighted by Gasteiger charge is 2.33. The molecule has 0 aliphatic rings. The Hall–Kier alpha value is -1.22. The molecule has 0 saturated carbocycles. The van der Waals surface area contributed by atoms with Gasteiger partial charge in [-0.1, -0.05) is 13.0 Å². The molecular weight excluding hydrogens is 219 g/mol. The molecule has 0 fully saturated rings. The Kier molecular flexibility index (Phi) is 4.40. The average molecular weight is 238 g/mol. The highest BCUT2D eigenvalue weighted by atomic mass is 19.1. The van der Waals surface area contributed by atoms with Gasteiger partial charge in [0.25, 0.3) is 0 Å². The third-order valence-corrected chi connectivity index (χ3v) is 3.06. The van der Waals surface area contributed by atoms with Crippen molar-refractivity contribution in [1.82, 2.24) is 0 Å². The monoisotopic (exact) mass is 238 g/mol. The molecule has 1 unspecified atom stereocenters. The molecule has 0 bridgehead atoms. The molecule has 3 heteroatoms. The Bertz CT molecular complexity index is 415. The van der Waals surface area contributed by atoms with E-state index >= 15 is 0 Å². The molecule has 2 nitrogen and oxygen atoms in total. The highest BCUT2D eigenvalue weighted by molar-refractivity contribution is 6.03. The summed E-state index contributed by atoms with van der Waals surface area (Å²) in [6, 6.07) is 4.26. The van der Waals surface area contributed by atoms with Crippen molar-refractivity contribution in [1.29, 1.82) is 0 Å². The predicted octanol–water partition coefficient (Wildman–Crippen LogP) is 3.52. The van der Waals surface area contributed by atoms with Gasteiger partial charge in [0.15, 0.2) is 5.78 Å². The number of aryl methyl sites for hydroxylation is 1. The van der Waals surface area contributed by atoms with Crippen LogP contribution in [-0.4, -0.2) is 18.0 Å². The first kappa shape index (κ1) is 13.8. The van der Waals surface area contributed by atoms with Crippen LogP contribution >= 0.6 is 0 Å². The Morgan fingerprint density at radius 2 is 2.06 bits per heavy atom. The summed E-state index contributed by atoms with van der Waals surface area (Å²) in [4.78, 5) is 12.4. The van der Waals surface area contributed by atoms with E-state index in [1.54, 1.807) is 19.9 Å². The van der Waals surface area contributed by atoms with Crippen molar-refractivity contribution in [3.63, 3.8) is 0 Å². The van der Waals surface area contributed by atoms with Crippen LogP contribution in [-0.2, 0) is 4.74 Å². The Morgan fingerprint density at radius 3 is 2.59 bits per heavy atom. The smallest absolute Gasteiger partial charge is 0.194 e. The van der Waals surface area contributed by atoms with Crippen molar-refractivity contribution in [3.05, 3.63) is 35.1 Å². The molecule has 0 aliphatic carbocycles. The molecule has 0 radical (unpaired) electrons. The highest BCUT2D eigenvalue weighted by Crippen LogP contribution is 2.24. The molecule has 1 aromatic rings. The van der Waals surface area contributed by atoms with Crippen molar-refractivity contribution in [2.45, 2.75) is 39.7 Å². The maximum absolute atomic E-state index is 13.2. The zero-order valence-electron chi connectivity index (χ0n) is 10.8. The number of ether oxygens (including phenoxy) is 1. The van der Waals surface area contributed by atoms with Gasteiger partial charge >= 0.3 is 0 Å². The van der Waals surface area contributed by atoms with Gasteiger partial charge in [-0.15, -0.1) is 0 Å². The third kappa shape index (κ3) is 2.91. The first-order chi connectivity index (χ1) is 7.94. The summed E-state index contributed by atoms with van der Waals surface area (Å²) in [5.74, 6) is -0.548. The fourth-order valence-corrected chi connectivity index (χ4v) is 1.77. The quantitative estimate of drug-likeness (QED) is 0.734. The third-order valence-electron chi connectivity index (χ3n) is 3.06. The number of rotatable bonds is 5. The average Bonchev–Trinajstić information content (AvgIpc) is 2.31. The second kappa shape index (κ2) is 5.41. The van der Waals surface area contributed by atoms with Crippen LogP contribution in [0, 0.1) is 12.7 Å². The zero-order valence-corrected chi connectivity index (χ0v) is 10.8. The molecule has 0 N–H and O–H groups in total. The Labute approximate surface area is 102 Å². The SMILES string of the molecule is CCOC(C)(CC)C(=O)c1cc(F)ccc1C. The summed E-state index contributed by atoms with van der Waals surface area (Å²) in [5, 5.41) is 0. The van der Waals surface area contributed by atoms with Crippen LogP contribution < -0.4 is 0 Å². The zero-order chi connectivity index (χ0) is 13.1. The minimum absolute atomic E-state index is 0.154. The van der Waals surface area contributed by atoms with Crippen LogP contribution in [0.25, 0.3) is 0 Å². The topological polar surface area (TPSA) is 26.3 Å². The van der Waals surface area contributed by atoms with E-state index in [0.29, 0.717) is 18.6 Å². The van der Waals surface area contributed by atoms with Gasteiger partial charge in [-0.3, -0.25) is 4.79 Å². The number of ketones is 1. The lowest BCUT2D eigenvalue weighted by Crippen LogP contribution is -2.38. The minimum Gasteiger partial charge on any atom is -0.367 e. The summed E-state index contributed by atoms with van der Waals surface area (Å²) < 4.78 is 18.7. The first-order valence-electron chi connectivity index (χ1n) is 5.89. The van der Waals surface area contributed by atoms with E-state index in [4.69, 9.17) is 4.74 Å². The molecule has 0 aromatic heterocycles. The number of Topliss-reactive ketones (excluding diaryl/α,β-unsaturated/α-hetero) is 1. The van der Waals surface area contributed by atoms with E-state index in [9.17, 15) is 9.18 Å². The van der Waals surface area contributed by atoms with Gasteiger partial charge in [-0.05, 0) is 44.9 Å². The number of hydrogen-bond donors (Lipinski definition) is 0. The van der Waals surface area contributed by atoms with Crippen LogP contribution in [0.2, 0.25) is 0 Å². The molecule has 0 heterocycles. The molecule has 0 spiro atoms. The van der Waals surface area contributed by atoms with Crippen LogP contribution in [0.5, 0.6) is 0 Å². The normalized spacial score (nSPS) is 14.4. The fraction of sp³-hybridized carbons (Fsp3) is 0.500. The number of benzene rings is 1. The van der Waals surface area contributed by atoms with Crippen molar-refractivity contribution < 1.29 is 13.9 Å². The summed E-state index contributed by atoms with van der Waals surface area (Å²) in [5.41, 5.74) is 0.311. The fourth-order valence-electron chi connectivity index (χ4n) is 1.77. The van der Waals surface area contributed by atoms with Crippen molar-refractivity contribution >= 4 is 5.78 Å². The summed E-state index contributed by atoms with van der Waals surface area (Å²) in [7, 11) is 0. The standard InChI is InChI=1S/C14H19FO2/c1-5-14(4,17-6-2)13(16)12-9-11(15)8-7-10(12)3/h7-9H,5-6H2,1-4H3. The van der Waals surface area contributed by atoms with E-state index in [2.05, 4.69) is 0 Å². The van der Waals surface area contributed by atoms with Gasteiger partial charge in [-0.25, -0.2) is 4.39 Å². The molecule has 0 amide bonds.